The molecule has 98 valence electrons. The first kappa shape index (κ1) is 13.5. The highest BCUT2D eigenvalue weighted by atomic mass is 32.2. The molecule has 0 heterocycles. The first-order chi connectivity index (χ1) is 8.47. The van der Waals surface area contributed by atoms with Crippen LogP contribution in [0.15, 0.2) is 28.7 Å². The Kier molecular flexibility index (Phi) is 4.00. The third-order valence-corrected chi connectivity index (χ3v) is 4.66. The van der Waals surface area contributed by atoms with Gasteiger partial charge in [0, 0.05) is 6.21 Å². The fourth-order valence-electron chi connectivity index (χ4n) is 2.23. The molecule has 0 saturated carbocycles. The summed E-state index contributed by atoms with van der Waals surface area (Å²) in [5.74, 6) is 0.628. The van der Waals surface area contributed by atoms with Crippen molar-refractivity contribution in [2.75, 3.05) is 0 Å². The van der Waals surface area contributed by atoms with Crippen molar-refractivity contribution in [1.82, 2.24) is 0 Å². The zero-order valence-electron chi connectivity index (χ0n) is 11.3. The van der Waals surface area contributed by atoms with Crippen LogP contribution in [0, 0.1) is 5.92 Å². The van der Waals surface area contributed by atoms with Crippen molar-refractivity contribution in [1.29, 1.82) is 0 Å². The number of rotatable bonds is 3. The summed E-state index contributed by atoms with van der Waals surface area (Å²) in [6.07, 6.45) is 5.04. The van der Waals surface area contributed by atoms with Crippen LogP contribution in [0.25, 0.3) is 0 Å². The van der Waals surface area contributed by atoms with Crippen LogP contribution in [-0.4, -0.2) is 15.2 Å². The molecular weight excluding hydrogens is 242 g/mol. The molecule has 1 atom stereocenters. The molecule has 1 aliphatic carbocycles. The summed E-state index contributed by atoms with van der Waals surface area (Å²) < 4.78 is 15.7. The number of benzene rings is 1. The van der Waals surface area contributed by atoms with Gasteiger partial charge in [-0.05, 0) is 57.1 Å². The molecule has 0 amide bonds. The molecule has 2 rings (SSSR count). The Hall–Kier alpha value is -0.960. The summed E-state index contributed by atoms with van der Waals surface area (Å²) in [4.78, 5) is 0. The Morgan fingerprint density at radius 1 is 1.28 bits per heavy atom. The van der Waals surface area contributed by atoms with Gasteiger partial charge in [-0.2, -0.15) is 4.40 Å². The lowest BCUT2D eigenvalue weighted by molar-refractivity contribution is 0.592. The van der Waals surface area contributed by atoms with E-state index in [9.17, 15) is 4.21 Å². The van der Waals surface area contributed by atoms with E-state index in [4.69, 9.17) is 0 Å². The van der Waals surface area contributed by atoms with E-state index in [2.05, 4.69) is 28.7 Å². The molecule has 0 N–H and O–H groups in total. The molecule has 1 aliphatic rings. The fourth-order valence-corrected chi connectivity index (χ4v) is 2.77. The van der Waals surface area contributed by atoms with Gasteiger partial charge in [-0.15, -0.1) is 0 Å². The molecule has 18 heavy (non-hydrogen) atoms. The van der Waals surface area contributed by atoms with Crippen LogP contribution in [0.2, 0.25) is 0 Å². The van der Waals surface area contributed by atoms with Crippen LogP contribution >= 0.6 is 0 Å². The van der Waals surface area contributed by atoms with Gasteiger partial charge in [-0.1, -0.05) is 24.3 Å². The standard InChI is InChI=1S/C15H21NOS/c1-15(2,3)18(17)16-9-8-12-10-13-6-4-5-7-14(13)11-12/h4-7,9,12H,8,10-11H2,1-3H3/b16-9+/t18-/m1/s1. The molecule has 1 aromatic rings. The molecule has 0 fully saturated rings. The van der Waals surface area contributed by atoms with E-state index >= 15 is 0 Å². The Morgan fingerprint density at radius 2 is 1.83 bits per heavy atom. The number of hydrogen-bond donors (Lipinski definition) is 0. The molecular formula is C15H21NOS. The molecule has 1 aromatic carbocycles. The van der Waals surface area contributed by atoms with Crippen molar-refractivity contribution in [2.45, 2.75) is 44.8 Å². The fraction of sp³-hybridized carbons (Fsp3) is 0.533. The van der Waals surface area contributed by atoms with Gasteiger partial charge in [0.15, 0.2) is 0 Å². The second-order valence-electron chi connectivity index (χ2n) is 5.93. The molecule has 2 nitrogen and oxygen atoms in total. The normalized spacial score (nSPS) is 18.2. The third kappa shape index (κ3) is 3.29. The molecule has 0 unspecified atom stereocenters. The van der Waals surface area contributed by atoms with E-state index in [1.54, 1.807) is 0 Å². The van der Waals surface area contributed by atoms with Crippen molar-refractivity contribution >= 4 is 17.2 Å². The summed E-state index contributed by atoms with van der Waals surface area (Å²) >= 11 is 0. The highest BCUT2D eigenvalue weighted by molar-refractivity contribution is 7.85. The first-order valence-electron chi connectivity index (χ1n) is 6.48. The van der Waals surface area contributed by atoms with E-state index in [-0.39, 0.29) is 4.75 Å². The van der Waals surface area contributed by atoms with Gasteiger partial charge >= 0.3 is 0 Å². The van der Waals surface area contributed by atoms with Gasteiger partial charge in [0.05, 0.1) is 4.75 Å². The predicted molar refractivity (Wildman–Crippen MR) is 78.3 cm³/mol. The van der Waals surface area contributed by atoms with E-state index in [1.807, 2.05) is 27.0 Å². The lowest BCUT2D eigenvalue weighted by Gasteiger charge is -2.13. The van der Waals surface area contributed by atoms with Gasteiger partial charge in [0.25, 0.3) is 0 Å². The van der Waals surface area contributed by atoms with Crippen LogP contribution in [-0.2, 0) is 23.8 Å². The minimum Gasteiger partial charge on any atom is -0.234 e. The smallest absolute Gasteiger partial charge is 0.144 e. The minimum absolute atomic E-state index is 0.255. The van der Waals surface area contributed by atoms with Gasteiger partial charge in [-0.3, -0.25) is 0 Å². The Morgan fingerprint density at radius 3 is 2.33 bits per heavy atom. The highest BCUT2D eigenvalue weighted by Crippen LogP contribution is 2.28. The molecule has 0 spiro atoms. The van der Waals surface area contributed by atoms with E-state index in [0.29, 0.717) is 5.92 Å². The van der Waals surface area contributed by atoms with Crippen LogP contribution in [0.3, 0.4) is 0 Å². The maximum Gasteiger partial charge on any atom is 0.144 e. The van der Waals surface area contributed by atoms with Gasteiger partial charge in [0.2, 0.25) is 0 Å². The maximum absolute atomic E-state index is 11.8. The summed E-state index contributed by atoms with van der Waals surface area (Å²) in [5, 5.41) is 0. The second kappa shape index (κ2) is 5.35. The van der Waals surface area contributed by atoms with Crippen molar-refractivity contribution in [3.63, 3.8) is 0 Å². The summed E-state index contributed by atoms with van der Waals surface area (Å²) in [6.45, 7) is 5.85. The monoisotopic (exact) mass is 263 g/mol. The van der Waals surface area contributed by atoms with Crippen molar-refractivity contribution in [3.05, 3.63) is 35.4 Å². The zero-order valence-corrected chi connectivity index (χ0v) is 12.2. The van der Waals surface area contributed by atoms with Crippen molar-refractivity contribution < 1.29 is 4.21 Å². The SMILES string of the molecule is CC(C)(C)[S@@](=O)/N=C/CC1Cc2ccccc2C1. The van der Waals surface area contributed by atoms with Crippen molar-refractivity contribution in [2.24, 2.45) is 10.3 Å². The van der Waals surface area contributed by atoms with E-state index in [0.717, 1.165) is 19.3 Å². The third-order valence-electron chi connectivity index (χ3n) is 3.27. The Bertz CT molecular complexity index is 449. The zero-order chi connectivity index (χ0) is 13.2. The summed E-state index contributed by atoms with van der Waals surface area (Å²) in [6, 6.07) is 8.62. The number of hydrogen-bond acceptors (Lipinski definition) is 1. The van der Waals surface area contributed by atoms with Gasteiger partial charge in [-0.25, -0.2) is 4.21 Å². The lowest BCUT2D eigenvalue weighted by atomic mass is 10.0. The maximum atomic E-state index is 11.8. The Balaban J connectivity index is 1.88. The second-order valence-corrected chi connectivity index (χ2v) is 7.86. The average Bonchev–Trinajstić information content (AvgIpc) is 2.70. The van der Waals surface area contributed by atoms with Crippen LogP contribution < -0.4 is 0 Å². The molecule has 0 radical (unpaired) electrons. The minimum atomic E-state index is -1.12. The average molecular weight is 263 g/mol. The molecule has 0 saturated heterocycles. The summed E-state index contributed by atoms with van der Waals surface area (Å²) in [7, 11) is -1.12. The topological polar surface area (TPSA) is 29.4 Å². The van der Waals surface area contributed by atoms with Crippen LogP contribution in [0.1, 0.15) is 38.3 Å². The van der Waals surface area contributed by atoms with Crippen LogP contribution in [0.5, 0.6) is 0 Å². The predicted octanol–water partition coefficient (Wildman–Crippen LogP) is 3.32. The lowest BCUT2D eigenvalue weighted by Crippen LogP contribution is -2.19. The molecule has 0 bridgehead atoms. The van der Waals surface area contributed by atoms with E-state index in [1.165, 1.54) is 11.1 Å². The van der Waals surface area contributed by atoms with Crippen molar-refractivity contribution in [3.8, 4) is 0 Å². The highest BCUT2D eigenvalue weighted by Gasteiger charge is 2.21. The summed E-state index contributed by atoms with van der Waals surface area (Å²) in [5.41, 5.74) is 2.93. The quantitative estimate of drug-likeness (QED) is 0.769. The Labute approximate surface area is 112 Å². The number of fused-ring (bicyclic) bond motifs is 1. The molecule has 3 heteroatoms. The first-order valence-corrected chi connectivity index (χ1v) is 7.59. The van der Waals surface area contributed by atoms with Gasteiger partial charge < -0.3 is 0 Å². The van der Waals surface area contributed by atoms with Crippen LogP contribution in [0.4, 0.5) is 0 Å². The van der Waals surface area contributed by atoms with Gasteiger partial charge in [0.1, 0.15) is 11.0 Å². The number of nitrogens with zero attached hydrogens (tertiary/aromatic N) is 1. The molecule has 0 aromatic heterocycles. The van der Waals surface area contributed by atoms with E-state index < -0.39 is 11.0 Å². The molecule has 0 aliphatic heterocycles. The largest absolute Gasteiger partial charge is 0.234 e.